The van der Waals surface area contributed by atoms with Crippen LogP contribution >= 0.6 is 0 Å². The lowest BCUT2D eigenvalue weighted by molar-refractivity contribution is -0.122. The second kappa shape index (κ2) is 6.61. The van der Waals surface area contributed by atoms with Gasteiger partial charge in [0.15, 0.2) is 0 Å². The molecule has 0 spiro atoms. The molecule has 114 valence electrons. The minimum atomic E-state index is -0.385. The number of rotatable bonds is 6. The molecule has 21 heavy (non-hydrogen) atoms. The molecule has 3 rings (SSSR count). The summed E-state index contributed by atoms with van der Waals surface area (Å²) in [5, 5.41) is 3.08. The van der Waals surface area contributed by atoms with Crippen LogP contribution in [-0.2, 0) is 11.2 Å². The number of carbonyl (C=O) groups is 1. The van der Waals surface area contributed by atoms with Gasteiger partial charge < -0.3 is 11.1 Å². The van der Waals surface area contributed by atoms with E-state index in [0.717, 1.165) is 24.8 Å². The van der Waals surface area contributed by atoms with Crippen LogP contribution in [0.25, 0.3) is 0 Å². The average Bonchev–Trinajstić information content (AvgIpc) is 3.14. The summed E-state index contributed by atoms with van der Waals surface area (Å²) in [4.78, 5) is 12.1. The Morgan fingerprint density at radius 3 is 2.71 bits per heavy atom. The molecule has 1 amide bonds. The van der Waals surface area contributed by atoms with Crippen molar-refractivity contribution >= 4 is 5.91 Å². The van der Waals surface area contributed by atoms with Crippen LogP contribution in [0, 0.1) is 17.8 Å². The monoisotopic (exact) mass is 286 g/mol. The van der Waals surface area contributed by atoms with Crippen LogP contribution in [0.4, 0.5) is 0 Å². The van der Waals surface area contributed by atoms with E-state index in [0.29, 0.717) is 12.3 Å². The third-order valence-electron chi connectivity index (χ3n) is 5.35. The van der Waals surface area contributed by atoms with Gasteiger partial charge >= 0.3 is 0 Å². The Bertz CT molecular complexity index is 473. The van der Waals surface area contributed by atoms with Crippen LogP contribution < -0.4 is 11.1 Å². The fourth-order valence-electron chi connectivity index (χ4n) is 4.09. The molecule has 3 heteroatoms. The van der Waals surface area contributed by atoms with E-state index in [9.17, 15) is 4.79 Å². The van der Waals surface area contributed by atoms with E-state index >= 15 is 0 Å². The van der Waals surface area contributed by atoms with Gasteiger partial charge in [0.2, 0.25) is 5.91 Å². The summed E-state index contributed by atoms with van der Waals surface area (Å²) in [6.45, 7) is 0.832. The summed E-state index contributed by atoms with van der Waals surface area (Å²) in [7, 11) is 0. The standard InChI is InChI=1S/C18H26N2O/c19-17(9-7-13-4-2-1-3-5-13)18(21)20-12-16-11-14-6-8-15(16)10-14/h1-5,14-17H,6-12,19H2,(H,20,21). The Balaban J connectivity index is 1.38. The van der Waals surface area contributed by atoms with Crippen molar-refractivity contribution in [2.75, 3.05) is 6.54 Å². The van der Waals surface area contributed by atoms with Crippen molar-refractivity contribution < 1.29 is 4.79 Å². The van der Waals surface area contributed by atoms with E-state index in [-0.39, 0.29) is 11.9 Å². The highest BCUT2D eigenvalue weighted by Gasteiger charge is 2.39. The van der Waals surface area contributed by atoms with Gasteiger partial charge in [0.1, 0.15) is 0 Å². The summed E-state index contributed by atoms with van der Waals surface area (Å²) < 4.78 is 0. The van der Waals surface area contributed by atoms with Gasteiger partial charge in [-0.05, 0) is 55.4 Å². The Labute approximate surface area is 127 Å². The number of nitrogens with one attached hydrogen (secondary N) is 1. The van der Waals surface area contributed by atoms with E-state index < -0.39 is 0 Å². The van der Waals surface area contributed by atoms with Gasteiger partial charge in [-0.1, -0.05) is 36.8 Å². The maximum absolute atomic E-state index is 12.1. The van der Waals surface area contributed by atoms with E-state index in [1.54, 1.807) is 0 Å². The second-order valence-corrected chi connectivity index (χ2v) is 6.81. The first-order valence-corrected chi connectivity index (χ1v) is 8.29. The predicted molar refractivity (Wildman–Crippen MR) is 84.7 cm³/mol. The highest BCUT2D eigenvalue weighted by Crippen LogP contribution is 2.47. The number of fused-ring (bicyclic) bond motifs is 2. The fourth-order valence-corrected chi connectivity index (χ4v) is 4.09. The minimum Gasteiger partial charge on any atom is -0.354 e. The van der Waals surface area contributed by atoms with Crippen LogP contribution in [0.1, 0.15) is 37.7 Å². The van der Waals surface area contributed by atoms with Crippen LogP contribution in [-0.4, -0.2) is 18.5 Å². The van der Waals surface area contributed by atoms with Gasteiger partial charge in [0.25, 0.3) is 0 Å². The average molecular weight is 286 g/mol. The minimum absolute atomic E-state index is 0.0219. The van der Waals surface area contributed by atoms with Crippen LogP contribution in [0.2, 0.25) is 0 Å². The quantitative estimate of drug-likeness (QED) is 0.844. The van der Waals surface area contributed by atoms with Gasteiger partial charge in [-0.25, -0.2) is 0 Å². The Morgan fingerprint density at radius 2 is 2.05 bits per heavy atom. The van der Waals surface area contributed by atoms with Crippen LogP contribution in [0.3, 0.4) is 0 Å². The van der Waals surface area contributed by atoms with Crippen LogP contribution in [0.15, 0.2) is 30.3 Å². The first-order valence-electron chi connectivity index (χ1n) is 8.29. The van der Waals surface area contributed by atoms with Gasteiger partial charge in [0, 0.05) is 6.54 Å². The van der Waals surface area contributed by atoms with Gasteiger partial charge in [-0.15, -0.1) is 0 Å². The van der Waals surface area contributed by atoms with Gasteiger partial charge in [-0.3, -0.25) is 4.79 Å². The first-order chi connectivity index (χ1) is 10.2. The van der Waals surface area contributed by atoms with Crippen molar-refractivity contribution in [1.29, 1.82) is 0 Å². The number of amides is 1. The molecule has 4 unspecified atom stereocenters. The molecule has 1 aromatic rings. The molecule has 0 aromatic heterocycles. The lowest BCUT2D eigenvalue weighted by Gasteiger charge is -2.22. The molecule has 2 aliphatic rings. The summed E-state index contributed by atoms with van der Waals surface area (Å²) in [5.74, 6) is 2.52. The van der Waals surface area contributed by atoms with E-state index in [1.165, 1.54) is 31.2 Å². The molecular formula is C18H26N2O. The second-order valence-electron chi connectivity index (χ2n) is 6.81. The van der Waals surface area contributed by atoms with Crippen molar-refractivity contribution in [1.82, 2.24) is 5.32 Å². The molecule has 0 radical (unpaired) electrons. The lowest BCUT2D eigenvalue weighted by Crippen LogP contribution is -2.43. The first kappa shape index (κ1) is 14.6. The highest BCUT2D eigenvalue weighted by molar-refractivity contribution is 5.81. The van der Waals surface area contributed by atoms with E-state index in [2.05, 4.69) is 17.4 Å². The zero-order valence-electron chi connectivity index (χ0n) is 12.6. The molecule has 3 N–H and O–H groups in total. The molecule has 2 aliphatic carbocycles. The molecule has 2 saturated carbocycles. The van der Waals surface area contributed by atoms with E-state index in [4.69, 9.17) is 5.73 Å². The third-order valence-corrected chi connectivity index (χ3v) is 5.35. The zero-order chi connectivity index (χ0) is 14.7. The van der Waals surface area contributed by atoms with Crippen molar-refractivity contribution in [3.8, 4) is 0 Å². The largest absolute Gasteiger partial charge is 0.354 e. The van der Waals surface area contributed by atoms with Crippen molar-refractivity contribution in [2.45, 2.75) is 44.6 Å². The maximum atomic E-state index is 12.1. The topological polar surface area (TPSA) is 55.1 Å². The molecule has 2 bridgehead atoms. The molecule has 4 atom stereocenters. The molecule has 0 saturated heterocycles. The molecular weight excluding hydrogens is 260 g/mol. The van der Waals surface area contributed by atoms with Crippen molar-refractivity contribution in [3.05, 3.63) is 35.9 Å². The summed E-state index contributed by atoms with van der Waals surface area (Å²) in [5.41, 5.74) is 7.26. The smallest absolute Gasteiger partial charge is 0.236 e. The number of aryl methyl sites for hydroxylation is 1. The maximum Gasteiger partial charge on any atom is 0.236 e. The van der Waals surface area contributed by atoms with Crippen molar-refractivity contribution in [3.63, 3.8) is 0 Å². The highest BCUT2D eigenvalue weighted by atomic mass is 16.2. The number of benzene rings is 1. The lowest BCUT2D eigenvalue weighted by atomic mass is 9.89. The number of nitrogens with two attached hydrogens (primary N) is 1. The fraction of sp³-hybridized carbons (Fsp3) is 0.611. The summed E-state index contributed by atoms with van der Waals surface area (Å²) in [6, 6.07) is 9.83. The molecule has 2 fully saturated rings. The Hall–Kier alpha value is -1.35. The predicted octanol–water partition coefficient (Wildman–Crippen LogP) is 2.50. The summed E-state index contributed by atoms with van der Waals surface area (Å²) >= 11 is 0. The normalized spacial score (nSPS) is 28.5. The molecule has 1 aromatic carbocycles. The number of carbonyl (C=O) groups excluding carboxylic acids is 1. The van der Waals surface area contributed by atoms with Gasteiger partial charge in [0.05, 0.1) is 6.04 Å². The SMILES string of the molecule is NC(CCc1ccccc1)C(=O)NCC1CC2CCC1C2. The Kier molecular flexibility index (Phi) is 4.59. The number of hydrogen-bond donors (Lipinski definition) is 2. The molecule has 0 aliphatic heterocycles. The van der Waals surface area contributed by atoms with Crippen molar-refractivity contribution in [2.24, 2.45) is 23.5 Å². The van der Waals surface area contributed by atoms with Crippen LogP contribution in [0.5, 0.6) is 0 Å². The van der Waals surface area contributed by atoms with Gasteiger partial charge in [-0.2, -0.15) is 0 Å². The molecule has 0 heterocycles. The third kappa shape index (κ3) is 3.65. The zero-order valence-corrected chi connectivity index (χ0v) is 12.6. The molecule has 3 nitrogen and oxygen atoms in total. The Morgan fingerprint density at radius 1 is 1.24 bits per heavy atom. The summed E-state index contributed by atoms with van der Waals surface area (Å²) in [6.07, 6.45) is 7.05. The number of hydrogen-bond acceptors (Lipinski definition) is 2. The van der Waals surface area contributed by atoms with E-state index in [1.807, 2.05) is 18.2 Å².